The van der Waals surface area contributed by atoms with Crippen molar-refractivity contribution in [3.8, 4) is 6.07 Å². The van der Waals surface area contributed by atoms with Crippen molar-refractivity contribution < 1.29 is 13.2 Å². The van der Waals surface area contributed by atoms with Crippen LogP contribution in [0.4, 0.5) is 0 Å². The molecule has 0 saturated carbocycles. The van der Waals surface area contributed by atoms with E-state index in [9.17, 15) is 13.2 Å². The molecule has 0 radical (unpaired) electrons. The number of hydrogen-bond acceptors (Lipinski definition) is 4. The van der Waals surface area contributed by atoms with Crippen LogP contribution < -0.4 is 4.72 Å². The number of amides is 1. The third-order valence-electron chi connectivity index (χ3n) is 3.25. The molecule has 1 aromatic carbocycles. The zero-order valence-corrected chi connectivity index (χ0v) is 13.9. The maximum atomic E-state index is 12.2. The van der Waals surface area contributed by atoms with Crippen LogP contribution in [0.15, 0.2) is 23.1 Å². The van der Waals surface area contributed by atoms with Gasteiger partial charge in [0.1, 0.15) is 6.54 Å². The molecule has 0 atom stereocenters. The Bertz CT molecular complexity index is 678. The molecule has 0 spiro atoms. The molecule has 22 heavy (non-hydrogen) atoms. The molecule has 0 aromatic heterocycles. The summed E-state index contributed by atoms with van der Waals surface area (Å²) in [5.74, 6) is -0.243. The van der Waals surface area contributed by atoms with E-state index in [1.54, 1.807) is 32.0 Å². The third kappa shape index (κ3) is 4.83. The van der Waals surface area contributed by atoms with E-state index in [0.29, 0.717) is 12.1 Å². The summed E-state index contributed by atoms with van der Waals surface area (Å²) < 4.78 is 26.9. The number of carbonyl (C=O) groups excluding carboxylic acids is 1. The number of sulfonamides is 1. The summed E-state index contributed by atoms with van der Waals surface area (Å²) in [6.45, 7) is 5.85. The largest absolute Gasteiger partial charge is 0.330 e. The van der Waals surface area contributed by atoms with Crippen molar-refractivity contribution >= 4 is 15.9 Å². The van der Waals surface area contributed by atoms with Gasteiger partial charge < -0.3 is 4.90 Å². The van der Waals surface area contributed by atoms with E-state index in [-0.39, 0.29) is 30.3 Å². The van der Waals surface area contributed by atoms with Gasteiger partial charge >= 0.3 is 0 Å². The Labute approximate surface area is 131 Å². The van der Waals surface area contributed by atoms with Crippen molar-refractivity contribution in [1.82, 2.24) is 9.62 Å². The molecule has 7 heteroatoms. The topological polar surface area (TPSA) is 90.3 Å². The lowest BCUT2D eigenvalue weighted by Crippen LogP contribution is -2.34. The smallest absolute Gasteiger partial charge is 0.240 e. The van der Waals surface area contributed by atoms with E-state index in [2.05, 4.69) is 4.72 Å². The minimum atomic E-state index is -3.63. The summed E-state index contributed by atoms with van der Waals surface area (Å²) >= 11 is 0. The maximum absolute atomic E-state index is 12.2. The van der Waals surface area contributed by atoms with Crippen LogP contribution in [0.3, 0.4) is 0 Å². The second kappa shape index (κ2) is 7.92. The number of carbonyl (C=O) groups is 1. The molecule has 1 rings (SSSR count). The average molecular weight is 323 g/mol. The SMILES string of the molecule is CCN(CC#N)C(=O)CCNS(=O)(=O)c1ccc(C)cc1C. The zero-order chi connectivity index (χ0) is 16.8. The predicted octanol–water partition coefficient (Wildman–Crippen LogP) is 1.34. The highest BCUT2D eigenvalue weighted by Gasteiger charge is 2.18. The molecule has 1 aromatic rings. The van der Waals surface area contributed by atoms with Gasteiger partial charge in [-0.25, -0.2) is 13.1 Å². The molecule has 1 amide bonds. The van der Waals surface area contributed by atoms with Gasteiger partial charge in [0.2, 0.25) is 15.9 Å². The van der Waals surface area contributed by atoms with Crippen LogP contribution in [0, 0.1) is 25.2 Å². The number of hydrogen-bond donors (Lipinski definition) is 1. The summed E-state index contributed by atoms with van der Waals surface area (Å²) in [6, 6.07) is 7.00. The van der Waals surface area contributed by atoms with Crippen LogP contribution in [0.5, 0.6) is 0 Å². The van der Waals surface area contributed by atoms with Gasteiger partial charge in [-0.15, -0.1) is 0 Å². The monoisotopic (exact) mass is 323 g/mol. The molecule has 0 saturated heterocycles. The van der Waals surface area contributed by atoms with Gasteiger partial charge in [-0.1, -0.05) is 17.7 Å². The van der Waals surface area contributed by atoms with Gasteiger partial charge in [-0.2, -0.15) is 5.26 Å². The maximum Gasteiger partial charge on any atom is 0.240 e. The molecule has 0 unspecified atom stereocenters. The first-order valence-corrected chi connectivity index (χ1v) is 8.51. The predicted molar refractivity (Wildman–Crippen MR) is 83.6 cm³/mol. The molecule has 0 aliphatic heterocycles. The van der Waals surface area contributed by atoms with Crippen molar-refractivity contribution in [2.45, 2.75) is 32.1 Å². The van der Waals surface area contributed by atoms with E-state index in [0.717, 1.165) is 5.56 Å². The number of nitriles is 1. The highest BCUT2D eigenvalue weighted by atomic mass is 32.2. The quantitative estimate of drug-likeness (QED) is 0.767. The summed E-state index contributed by atoms with van der Waals surface area (Å²) in [5, 5.41) is 8.62. The lowest BCUT2D eigenvalue weighted by atomic mass is 10.2. The fraction of sp³-hybridized carbons (Fsp3) is 0.467. The van der Waals surface area contributed by atoms with Crippen LogP contribution in [-0.2, 0) is 14.8 Å². The first kappa shape index (κ1) is 18.1. The Morgan fingerprint density at radius 2 is 2.05 bits per heavy atom. The zero-order valence-electron chi connectivity index (χ0n) is 13.1. The summed E-state index contributed by atoms with van der Waals surface area (Å²) in [7, 11) is -3.63. The molecule has 0 aliphatic rings. The summed E-state index contributed by atoms with van der Waals surface area (Å²) in [6.07, 6.45) is 0.0274. The lowest BCUT2D eigenvalue weighted by Gasteiger charge is -2.17. The molecule has 0 heterocycles. The Morgan fingerprint density at radius 3 is 2.59 bits per heavy atom. The van der Waals surface area contributed by atoms with E-state index in [1.165, 1.54) is 4.90 Å². The van der Waals surface area contributed by atoms with Gasteiger partial charge in [-0.3, -0.25) is 4.79 Å². The van der Waals surface area contributed by atoms with Crippen molar-refractivity contribution in [3.05, 3.63) is 29.3 Å². The van der Waals surface area contributed by atoms with E-state index >= 15 is 0 Å². The van der Waals surface area contributed by atoms with Crippen molar-refractivity contribution in [2.75, 3.05) is 19.6 Å². The van der Waals surface area contributed by atoms with Gasteiger partial charge in [0.25, 0.3) is 0 Å². The van der Waals surface area contributed by atoms with Crippen molar-refractivity contribution in [1.29, 1.82) is 5.26 Å². The molecule has 1 N–H and O–H groups in total. The van der Waals surface area contributed by atoms with Crippen LogP contribution in [0.1, 0.15) is 24.5 Å². The van der Waals surface area contributed by atoms with Crippen molar-refractivity contribution in [3.63, 3.8) is 0 Å². The number of rotatable bonds is 7. The number of aryl methyl sites for hydroxylation is 2. The van der Waals surface area contributed by atoms with E-state index in [4.69, 9.17) is 5.26 Å². The van der Waals surface area contributed by atoms with E-state index in [1.807, 2.05) is 13.0 Å². The summed E-state index contributed by atoms with van der Waals surface area (Å²) in [4.78, 5) is 13.4. The molecule has 120 valence electrons. The molecule has 0 fully saturated rings. The molecule has 0 bridgehead atoms. The number of nitrogens with zero attached hydrogens (tertiary/aromatic N) is 2. The Kier molecular flexibility index (Phi) is 6.53. The summed E-state index contributed by atoms with van der Waals surface area (Å²) in [5.41, 5.74) is 1.65. The molecular weight excluding hydrogens is 302 g/mol. The standard InChI is InChI=1S/C15H21N3O3S/c1-4-18(10-8-16)15(19)7-9-17-22(20,21)14-6-5-12(2)11-13(14)3/h5-6,11,17H,4,7,9-10H2,1-3H3. The minimum Gasteiger partial charge on any atom is -0.330 e. The Balaban J connectivity index is 2.67. The Hall–Kier alpha value is -1.91. The lowest BCUT2D eigenvalue weighted by molar-refractivity contribution is -0.130. The molecule has 0 aliphatic carbocycles. The van der Waals surface area contributed by atoms with Crippen LogP contribution in [0.25, 0.3) is 0 Å². The normalized spacial score (nSPS) is 11.0. The third-order valence-corrected chi connectivity index (χ3v) is 4.87. The van der Waals surface area contributed by atoms with Crippen LogP contribution in [0.2, 0.25) is 0 Å². The van der Waals surface area contributed by atoms with Gasteiger partial charge in [0.15, 0.2) is 0 Å². The highest BCUT2D eigenvalue weighted by molar-refractivity contribution is 7.89. The van der Waals surface area contributed by atoms with Crippen molar-refractivity contribution in [2.24, 2.45) is 0 Å². The fourth-order valence-corrected chi connectivity index (χ4v) is 3.35. The van der Waals surface area contributed by atoms with Gasteiger partial charge in [0.05, 0.1) is 11.0 Å². The van der Waals surface area contributed by atoms with E-state index < -0.39 is 10.0 Å². The second-order valence-electron chi connectivity index (χ2n) is 4.98. The fourth-order valence-electron chi connectivity index (χ4n) is 2.09. The van der Waals surface area contributed by atoms with Crippen LogP contribution in [-0.4, -0.2) is 38.9 Å². The molecular formula is C15H21N3O3S. The number of nitrogens with one attached hydrogen (secondary N) is 1. The van der Waals surface area contributed by atoms with Crippen LogP contribution >= 0.6 is 0 Å². The first-order valence-electron chi connectivity index (χ1n) is 7.03. The number of benzene rings is 1. The molecule has 6 nitrogen and oxygen atoms in total. The van der Waals surface area contributed by atoms with Gasteiger partial charge in [0, 0.05) is 19.5 Å². The average Bonchev–Trinajstić information content (AvgIpc) is 2.43. The minimum absolute atomic E-state index is 0.0103. The highest BCUT2D eigenvalue weighted by Crippen LogP contribution is 2.16. The second-order valence-corrected chi connectivity index (χ2v) is 6.72. The Morgan fingerprint density at radius 1 is 1.36 bits per heavy atom. The van der Waals surface area contributed by atoms with Gasteiger partial charge in [-0.05, 0) is 32.4 Å². The first-order chi connectivity index (χ1) is 10.3.